The van der Waals surface area contributed by atoms with Gasteiger partial charge in [-0.25, -0.2) is 0 Å². The van der Waals surface area contributed by atoms with Gasteiger partial charge in [-0.15, -0.1) is 0 Å². The Morgan fingerprint density at radius 1 is 0.941 bits per heavy atom. The zero-order valence-electron chi connectivity index (χ0n) is 18.2. The van der Waals surface area contributed by atoms with E-state index in [1.807, 2.05) is 0 Å². The molecule has 0 bridgehead atoms. The molecule has 0 spiro atoms. The van der Waals surface area contributed by atoms with Gasteiger partial charge >= 0.3 is 12.4 Å². The molecule has 0 aromatic heterocycles. The number of likely N-dealkylation sites (tertiary alicyclic amines) is 1. The van der Waals surface area contributed by atoms with Crippen molar-refractivity contribution in [2.45, 2.75) is 37.7 Å². The van der Waals surface area contributed by atoms with Crippen molar-refractivity contribution in [3.8, 4) is 11.5 Å². The predicted molar refractivity (Wildman–Crippen MR) is 109 cm³/mol. The summed E-state index contributed by atoms with van der Waals surface area (Å²) in [7, 11) is 2.87. The number of carbonyl (C=O) groups excluding carboxylic acids is 2. The van der Waals surface area contributed by atoms with E-state index in [4.69, 9.17) is 9.47 Å². The molecule has 0 aliphatic carbocycles. The van der Waals surface area contributed by atoms with Crippen LogP contribution in [-0.2, 0) is 23.6 Å². The molecule has 2 aromatic rings. The van der Waals surface area contributed by atoms with Crippen LogP contribution in [0.15, 0.2) is 36.4 Å². The highest BCUT2D eigenvalue weighted by atomic mass is 19.4. The van der Waals surface area contributed by atoms with E-state index in [2.05, 4.69) is 0 Å². The molecule has 1 heterocycles. The third-order valence-corrected chi connectivity index (χ3v) is 5.55. The molecule has 1 unspecified atom stereocenters. The minimum absolute atomic E-state index is 0.0301. The molecule has 1 aliphatic heterocycles. The SMILES string of the molecule is COc1ccc(CC2CC(=O)CCN2C(=O)c2cc(C(F)(F)F)cc(C(F)(F)F)c2)cc1OC. The van der Waals surface area contributed by atoms with Crippen molar-refractivity contribution in [2.24, 2.45) is 0 Å². The summed E-state index contributed by atoms with van der Waals surface area (Å²) in [6.07, 6.45) is -10.1. The van der Waals surface area contributed by atoms with Crippen LogP contribution in [0, 0.1) is 0 Å². The monoisotopic (exact) mass is 489 g/mol. The highest BCUT2D eigenvalue weighted by Gasteiger charge is 2.39. The van der Waals surface area contributed by atoms with Crippen molar-refractivity contribution in [3.05, 3.63) is 58.7 Å². The molecule has 0 radical (unpaired) electrons. The van der Waals surface area contributed by atoms with Gasteiger partial charge < -0.3 is 14.4 Å². The first-order valence-corrected chi connectivity index (χ1v) is 10.2. The molecule has 3 rings (SSSR count). The molecule has 1 amide bonds. The average molecular weight is 489 g/mol. The van der Waals surface area contributed by atoms with Gasteiger partial charge in [0.2, 0.25) is 0 Å². The molecular weight excluding hydrogens is 468 g/mol. The first kappa shape index (κ1) is 25.4. The van der Waals surface area contributed by atoms with Gasteiger partial charge in [0.05, 0.1) is 25.3 Å². The molecule has 1 saturated heterocycles. The van der Waals surface area contributed by atoms with E-state index in [1.165, 1.54) is 14.2 Å². The summed E-state index contributed by atoms with van der Waals surface area (Å²) < 4.78 is 89.8. The fraction of sp³-hybridized carbons (Fsp3) is 0.391. The topological polar surface area (TPSA) is 55.8 Å². The fourth-order valence-corrected chi connectivity index (χ4v) is 3.88. The maximum atomic E-state index is 13.2. The van der Waals surface area contributed by atoms with Crippen LogP contribution < -0.4 is 9.47 Å². The van der Waals surface area contributed by atoms with Crippen LogP contribution in [0.3, 0.4) is 0 Å². The van der Waals surface area contributed by atoms with Gasteiger partial charge in [0.25, 0.3) is 5.91 Å². The van der Waals surface area contributed by atoms with E-state index >= 15 is 0 Å². The Balaban J connectivity index is 1.97. The van der Waals surface area contributed by atoms with Gasteiger partial charge in [-0.1, -0.05) is 6.07 Å². The summed E-state index contributed by atoms with van der Waals surface area (Å²) >= 11 is 0. The molecule has 0 N–H and O–H groups in total. The number of nitrogens with zero attached hydrogens (tertiary/aromatic N) is 1. The first-order chi connectivity index (χ1) is 15.8. The number of hydrogen-bond acceptors (Lipinski definition) is 4. The van der Waals surface area contributed by atoms with E-state index in [9.17, 15) is 35.9 Å². The second-order valence-corrected chi connectivity index (χ2v) is 7.83. The zero-order valence-corrected chi connectivity index (χ0v) is 18.2. The van der Waals surface area contributed by atoms with Crippen molar-refractivity contribution in [3.63, 3.8) is 0 Å². The molecule has 0 saturated carbocycles. The van der Waals surface area contributed by atoms with Crippen LogP contribution >= 0.6 is 0 Å². The summed E-state index contributed by atoms with van der Waals surface area (Å²) in [6.45, 7) is -0.118. The van der Waals surface area contributed by atoms with E-state index in [0.29, 0.717) is 29.2 Å². The Labute approximate surface area is 191 Å². The fourth-order valence-electron chi connectivity index (χ4n) is 3.88. The Morgan fingerprint density at radius 2 is 1.53 bits per heavy atom. The van der Waals surface area contributed by atoms with Gasteiger partial charge in [0.15, 0.2) is 11.5 Å². The van der Waals surface area contributed by atoms with Crippen LogP contribution in [-0.4, -0.2) is 43.4 Å². The normalized spacial score (nSPS) is 17.0. The summed E-state index contributed by atoms with van der Waals surface area (Å²) in [4.78, 5) is 26.4. The standard InChI is InChI=1S/C23H21F6NO4/c1-33-19-4-3-13(8-20(19)34-2)7-17-12-18(31)5-6-30(17)21(32)14-9-15(22(24,25)26)11-16(10-14)23(27,28)29/h3-4,8-11,17H,5-7,12H2,1-2H3. The lowest BCUT2D eigenvalue weighted by atomic mass is 9.93. The number of carbonyl (C=O) groups is 2. The third kappa shape index (κ3) is 5.63. The molecule has 1 aliphatic rings. The Morgan fingerprint density at radius 3 is 2.06 bits per heavy atom. The molecule has 1 fully saturated rings. The number of methoxy groups -OCH3 is 2. The summed E-state index contributed by atoms with van der Waals surface area (Å²) in [5.74, 6) is -0.320. The number of ether oxygens (including phenoxy) is 2. The minimum atomic E-state index is -5.08. The third-order valence-electron chi connectivity index (χ3n) is 5.55. The number of alkyl halides is 6. The second-order valence-electron chi connectivity index (χ2n) is 7.83. The Bertz CT molecular complexity index is 1050. The van der Waals surface area contributed by atoms with Crippen LogP contribution in [0.1, 0.15) is 39.9 Å². The molecule has 1 atom stereocenters. The van der Waals surface area contributed by atoms with Crippen LogP contribution in [0.25, 0.3) is 0 Å². The van der Waals surface area contributed by atoms with Gasteiger partial charge in [0, 0.05) is 31.0 Å². The first-order valence-electron chi connectivity index (χ1n) is 10.2. The summed E-state index contributed by atoms with van der Waals surface area (Å²) in [5, 5.41) is 0. The number of ketones is 1. The molecule has 5 nitrogen and oxygen atoms in total. The van der Waals surface area contributed by atoms with Crippen molar-refractivity contribution < 1.29 is 45.4 Å². The molecule has 34 heavy (non-hydrogen) atoms. The number of amides is 1. The lowest BCUT2D eigenvalue weighted by Crippen LogP contribution is -2.47. The van der Waals surface area contributed by atoms with E-state index in [0.717, 1.165) is 4.90 Å². The Kier molecular flexibility index (Phi) is 7.13. The smallest absolute Gasteiger partial charge is 0.416 e. The largest absolute Gasteiger partial charge is 0.493 e. The van der Waals surface area contributed by atoms with Crippen LogP contribution in [0.2, 0.25) is 0 Å². The number of Topliss-reactive ketones (excluding diaryl/α,β-unsaturated/α-hetero) is 1. The van der Waals surface area contributed by atoms with Crippen molar-refractivity contribution in [1.82, 2.24) is 4.90 Å². The number of hydrogen-bond donors (Lipinski definition) is 0. The zero-order chi connectivity index (χ0) is 25.3. The molecular formula is C23H21F6NO4. The summed E-state index contributed by atoms with van der Waals surface area (Å²) in [5.41, 5.74) is -3.24. The van der Waals surface area contributed by atoms with Gasteiger partial charge in [0.1, 0.15) is 5.78 Å². The highest BCUT2D eigenvalue weighted by Crippen LogP contribution is 2.37. The van der Waals surface area contributed by atoms with E-state index in [-0.39, 0.29) is 37.7 Å². The van der Waals surface area contributed by atoms with Crippen molar-refractivity contribution >= 4 is 11.7 Å². The van der Waals surface area contributed by atoms with Crippen LogP contribution in [0.4, 0.5) is 26.3 Å². The highest BCUT2D eigenvalue weighted by molar-refractivity contribution is 5.96. The van der Waals surface area contributed by atoms with E-state index < -0.39 is 41.0 Å². The average Bonchev–Trinajstić information content (AvgIpc) is 2.77. The van der Waals surface area contributed by atoms with Crippen LogP contribution in [0.5, 0.6) is 11.5 Å². The number of piperidine rings is 1. The molecule has 184 valence electrons. The second kappa shape index (κ2) is 9.55. The quantitative estimate of drug-likeness (QED) is 0.545. The van der Waals surface area contributed by atoms with Gasteiger partial charge in [-0.3, -0.25) is 9.59 Å². The van der Waals surface area contributed by atoms with Crippen molar-refractivity contribution in [1.29, 1.82) is 0 Å². The lowest BCUT2D eigenvalue weighted by Gasteiger charge is -2.35. The Hall–Kier alpha value is -3.24. The van der Waals surface area contributed by atoms with Crippen molar-refractivity contribution in [2.75, 3.05) is 20.8 Å². The molecule has 2 aromatic carbocycles. The lowest BCUT2D eigenvalue weighted by molar-refractivity contribution is -0.143. The predicted octanol–water partition coefficient (Wildman–Crippen LogP) is 5.16. The van der Waals surface area contributed by atoms with Gasteiger partial charge in [-0.05, 0) is 42.3 Å². The van der Waals surface area contributed by atoms with Gasteiger partial charge in [-0.2, -0.15) is 26.3 Å². The number of benzene rings is 2. The maximum Gasteiger partial charge on any atom is 0.416 e. The number of halogens is 6. The van der Waals surface area contributed by atoms with E-state index in [1.54, 1.807) is 18.2 Å². The maximum absolute atomic E-state index is 13.2. The number of rotatable bonds is 5. The molecule has 11 heteroatoms. The summed E-state index contributed by atoms with van der Waals surface area (Å²) in [6, 6.07) is 4.95. The minimum Gasteiger partial charge on any atom is -0.493 e.